The van der Waals surface area contributed by atoms with Crippen molar-refractivity contribution in [2.45, 2.75) is 6.54 Å². The van der Waals surface area contributed by atoms with E-state index in [4.69, 9.17) is 0 Å². The van der Waals surface area contributed by atoms with Crippen LogP contribution in [0.5, 0.6) is 0 Å². The van der Waals surface area contributed by atoms with Crippen molar-refractivity contribution in [3.05, 3.63) is 58.2 Å². The molecule has 3 heterocycles. The summed E-state index contributed by atoms with van der Waals surface area (Å²) in [5.74, 6) is 0. The Balaban J connectivity index is 2.07. The molecule has 0 bridgehead atoms. The van der Waals surface area contributed by atoms with Gasteiger partial charge >= 0.3 is 0 Å². The standard InChI is InChI=1S/C12H9N3OS/c16-12-11-10(3-5-17-11)14-8-15(12)7-9-2-1-4-13-6-9/h1-6,8H,7H2. The SMILES string of the molecule is O=c1c2sccc2ncn1Cc1cccnc1. The maximum absolute atomic E-state index is 12.1. The summed E-state index contributed by atoms with van der Waals surface area (Å²) in [4.78, 5) is 20.4. The van der Waals surface area contributed by atoms with E-state index in [1.807, 2.05) is 23.6 Å². The second-order valence-corrected chi connectivity index (χ2v) is 4.59. The molecule has 3 rings (SSSR count). The third kappa shape index (κ3) is 1.85. The molecule has 84 valence electrons. The van der Waals surface area contributed by atoms with Crippen LogP contribution in [0.15, 0.2) is 47.1 Å². The highest BCUT2D eigenvalue weighted by atomic mass is 32.1. The van der Waals surface area contributed by atoms with Gasteiger partial charge in [0, 0.05) is 12.4 Å². The lowest BCUT2D eigenvalue weighted by Gasteiger charge is -2.04. The molecule has 4 nitrogen and oxygen atoms in total. The summed E-state index contributed by atoms with van der Waals surface area (Å²) in [5.41, 5.74) is 1.77. The Morgan fingerprint density at radius 3 is 3.12 bits per heavy atom. The summed E-state index contributed by atoms with van der Waals surface area (Å²) in [6, 6.07) is 5.66. The molecule has 3 aromatic rings. The summed E-state index contributed by atoms with van der Waals surface area (Å²) >= 11 is 1.43. The first-order valence-corrected chi connectivity index (χ1v) is 6.04. The fourth-order valence-corrected chi connectivity index (χ4v) is 2.47. The Morgan fingerprint density at radius 1 is 1.35 bits per heavy atom. The lowest BCUT2D eigenvalue weighted by molar-refractivity contribution is 0.747. The third-order valence-electron chi connectivity index (χ3n) is 2.51. The van der Waals surface area contributed by atoms with E-state index in [9.17, 15) is 4.79 Å². The van der Waals surface area contributed by atoms with Gasteiger partial charge in [-0.25, -0.2) is 4.98 Å². The Kier molecular flexibility index (Phi) is 2.45. The minimum absolute atomic E-state index is 0.00820. The first-order valence-electron chi connectivity index (χ1n) is 5.16. The third-order valence-corrected chi connectivity index (χ3v) is 3.40. The summed E-state index contributed by atoms with van der Waals surface area (Å²) in [7, 11) is 0. The van der Waals surface area contributed by atoms with Crippen molar-refractivity contribution in [3.63, 3.8) is 0 Å². The summed E-state index contributed by atoms with van der Waals surface area (Å²) < 4.78 is 2.31. The zero-order chi connectivity index (χ0) is 11.7. The molecule has 0 amide bonds. The maximum atomic E-state index is 12.1. The van der Waals surface area contributed by atoms with Gasteiger partial charge < -0.3 is 0 Å². The predicted octanol–water partition coefficient (Wildman–Crippen LogP) is 1.90. The molecule has 0 spiro atoms. The van der Waals surface area contributed by atoms with Crippen molar-refractivity contribution in [1.29, 1.82) is 0 Å². The zero-order valence-corrected chi connectivity index (χ0v) is 9.72. The van der Waals surface area contributed by atoms with Crippen LogP contribution < -0.4 is 5.56 Å². The van der Waals surface area contributed by atoms with Gasteiger partial charge in [0.1, 0.15) is 4.70 Å². The lowest BCUT2D eigenvalue weighted by Crippen LogP contribution is -2.20. The normalized spacial score (nSPS) is 10.8. The van der Waals surface area contributed by atoms with Gasteiger partial charge in [-0.1, -0.05) is 6.07 Å². The van der Waals surface area contributed by atoms with E-state index in [-0.39, 0.29) is 5.56 Å². The van der Waals surface area contributed by atoms with Gasteiger partial charge in [0.2, 0.25) is 0 Å². The molecule has 0 saturated heterocycles. The number of fused-ring (bicyclic) bond motifs is 1. The molecule has 0 aliphatic carbocycles. The van der Waals surface area contributed by atoms with Crippen molar-refractivity contribution in [2.24, 2.45) is 0 Å². The van der Waals surface area contributed by atoms with E-state index >= 15 is 0 Å². The minimum Gasteiger partial charge on any atom is -0.293 e. The number of hydrogen-bond donors (Lipinski definition) is 0. The van der Waals surface area contributed by atoms with Crippen LogP contribution in [0.1, 0.15) is 5.56 Å². The second-order valence-electron chi connectivity index (χ2n) is 3.67. The average Bonchev–Trinajstić information content (AvgIpc) is 2.83. The van der Waals surface area contributed by atoms with Crippen LogP contribution in [0, 0.1) is 0 Å². The molecule has 0 saturated carbocycles. The van der Waals surface area contributed by atoms with E-state index < -0.39 is 0 Å². The molecule has 0 aromatic carbocycles. The quantitative estimate of drug-likeness (QED) is 0.690. The highest BCUT2D eigenvalue weighted by Crippen LogP contribution is 2.13. The fraction of sp³-hybridized carbons (Fsp3) is 0.0833. The first-order chi connectivity index (χ1) is 8.34. The highest BCUT2D eigenvalue weighted by Gasteiger charge is 2.05. The maximum Gasteiger partial charge on any atom is 0.271 e. The number of pyridine rings is 1. The molecule has 0 unspecified atom stereocenters. The van der Waals surface area contributed by atoms with Gasteiger partial charge in [0.05, 0.1) is 18.4 Å². The Labute approximate surface area is 101 Å². The van der Waals surface area contributed by atoms with E-state index in [2.05, 4.69) is 9.97 Å². The Hall–Kier alpha value is -2.01. The first kappa shape index (κ1) is 10.2. The van der Waals surface area contributed by atoms with Crippen LogP contribution in [-0.2, 0) is 6.54 Å². The van der Waals surface area contributed by atoms with E-state index in [0.717, 1.165) is 11.1 Å². The molecule has 0 fully saturated rings. The van der Waals surface area contributed by atoms with Crippen LogP contribution in [0.2, 0.25) is 0 Å². The van der Waals surface area contributed by atoms with Crippen molar-refractivity contribution < 1.29 is 0 Å². The lowest BCUT2D eigenvalue weighted by atomic mass is 10.3. The molecule has 0 radical (unpaired) electrons. The number of nitrogens with zero attached hydrogens (tertiary/aromatic N) is 3. The van der Waals surface area contributed by atoms with Gasteiger partial charge in [-0.3, -0.25) is 14.3 Å². The highest BCUT2D eigenvalue weighted by molar-refractivity contribution is 7.17. The molecule has 3 aromatic heterocycles. The zero-order valence-electron chi connectivity index (χ0n) is 8.91. The van der Waals surface area contributed by atoms with E-state index in [1.54, 1.807) is 23.3 Å². The molecule has 5 heteroatoms. The van der Waals surface area contributed by atoms with E-state index in [0.29, 0.717) is 11.2 Å². The monoisotopic (exact) mass is 243 g/mol. The largest absolute Gasteiger partial charge is 0.293 e. The van der Waals surface area contributed by atoms with Crippen LogP contribution in [0.4, 0.5) is 0 Å². The van der Waals surface area contributed by atoms with Crippen molar-refractivity contribution in [3.8, 4) is 0 Å². The second kappa shape index (κ2) is 4.10. The van der Waals surface area contributed by atoms with Gasteiger partial charge in [0.15, 0.2) is 0 Å². The van der Waals surface area contributed by atoms with Crippen LogP contribution in [0.3, 0.4) is 0 Å². The van der Waals surface area contributed by atoms with Crippen molar-refractivity contribution in [2.75, 3.05) is 0 Å². The van der Waals surface area contributed by atoms with Crippen LogP contribution in [0.25, 0.3) is 10.2 Å². The topological polar surface area (TPSA) is 47.8 Å². The van der Waals surface area contributed by atoms with Crippen molar-refractivity contribution >= 4 is 21.6 Å². The molecular formula is C12H9N3OS. The smallest absolute Gasteiger partial charge is 0.271 e. The summed E-state index contributed by atoms with van der Waals surface area (Å²) in [5, 5.41) is 1.88. The van der Waals surface area contributed by atoms with Crippen LogP contribution >= 0.6 is 11.3 Å². The molecule has 0 aliphatic heterocycles. The van der Waals surface area contributed by atoms with Gasteiger partial charge in [-0.05, 0) is 23.1 Å². The molecule has 0 atom stereocenters. The summed E-state index contributed by atoms with van der Waals surface area (Å²) in [6.07, 6.45) is 5.06. The van der Waals surface area contributed by atoms with Crippen molar-refractivity contribution in [1.82, 2.24) is 14.5 Å². The average molecular weight is 243 g/mol. The van der Waals surface area contributed by atoms with Gasteiger partial charge in [-0.15, -0.1) is 11.3 Å². The number of thiophene rings is 1. The van der Waals surface area contributed by atoms with Crippen LogP contribution in [-0.4, -0.2) is 14.5 Å². The molecule has 0 aliphatic rings. The number of hydrogen-bond acceptors (Lipinski definition) is 4. The minimum atomic E-state index is 0.00820. The molecule has 0 N–H and O–H groups in total. The van der Waals surface area contributed by atoms with Gasteiger partial charge in [0.25, 0.3) is 5.56 Å². The Morgan fingerprint density at radius 2 is 2.29 bits per heavy atom. The molecular weight excluding hydrogens is 234 g/mol. The predicted molar refractivity (Wildman–Crippen MR) is 67.2 cm³/mol. The molecule has 17 heavy (non-hydrogen) atoms. The van der Waals surface area contributed by atoms with E-state index in [1.165, 1.54) is 11.3 Å². The Bertz CT molecular complexity index is 702. The number of aromatic nitrogens is 3. The van der Waals surface area contributed by atoms with Gasteiger partial charge in [-0.2, -0.15) is 0 Å². The summed E-state index contributed by atoms with van der Waals surface area (Å²) in [6.45, 7) is 0.507. The fourth-order valence-electron chi connectivity index (χ4n) is 1.68. The number of rotatable bonds is 2.